The Labute approximate surface area is 142 Å². The Morgan fingerprint density at radius 1 is 1.25 bits per heavy atom. The van der Waals surface area contributed by atoms with Crippen molar-refractivity contribution in [1.29, 1.82) is 0 Å². The van der Waals surface area contributed by atoms with E-state index in [0.29, 0.717) is 19.4 Å². The molecule has 0 saturated carbocycles. The summed E-state index contributed by atoms with van der Waals surface area (Å²) in [5.41, 5.74) is 0.791. The Morgan fingerprint density at radius 3 is 2.71 bits per heavy atom. The standard InChI is InChI=1S/C17H21N3O3S/c1-2-17(21)16-10-6-7-11-20(16)24(22,23)15-12-18-19(13-15)14-8-4-3-5-9-14/h3-5,8-9,12-13,16H,2,6-7,10-11H2,1H3. The first kappa shape index (κ1) is 16.9. The highest BCUT2D eigenvalue weighted by molar-refractivity contribution is 7.89. The molecule has 7 heteroatoms. The lowest BCUT2D eigenvalue weighted by atomic mass is 10.00. The van der Waals surface area contributed by atoms with Gasteiger partial charge in [-0.15, -0.1) is 0 Å². The molecule has 1 aliphatic heterocycles. The summed E-state index contributed by atoms with van der Waals surface area (Å²) in [5, 5.41) is 4.16. The molecule has 24 heavy (non-hydrogen) atoms. The third-order valence-corrected chi connectivity index (χ3v) is 6.22. The molecule has 0 aliphatic carbocycles. The summed E-state index contributed by atoms with van der Waals surface area (Å²) in [6.07, 6.45) is 5.46. The van der Waals surface area contributed by atoms with E-state index in [1.165, 1.54) is 21.4 Å². The summed E-state index contributed by atoms with van der Waals surface area (Å²) in [6, 6.07) is 8.78. The minimum Gasteiger partial charge on any atom is -0.298 e. The molecule has 128 valence electrons. The van der Waals surface area contributed by atoms with Crippen molar-refractivity contribution in [3.8, 4) is 5.69 Å². The number of piperidine rings is 1. The number of carbonyl (C=O) groups excluding carboxylic acids is 1. The SMILES string of the molecule is CCC(=O)C1CCCCN1S(=O)(=O)c1cnn(-c2ccccc2)c1. The van der Waals surface area contributed by atoms with Crippen LogP contribution in [0.2, 0.25) is 0 Å². The van der Waals surface area contributed by atoms with Gasteiger partial charge in [-0.1, -0.05) is 31.5 Å². The topological polar surface area (TPSA) is 72.3 Å². The molecule has 1 saturated heterocycles. The average molecular weight is 347 g/mol. The number of ketones is 1. The van der Waals surface area contributed by atoms with Crippen molar-refractivity contribution in [1.82, 2.24) is 14.1 Å². The molecule has 0 bridgehead atoms. The third kappa shape index (κ3) is 3.14. The first-order valence-corrected chi connectivity index (χ1v) is 9.62. The van der Waals surface area contributed by atoms with Crippen LogP contribution in [0.1, 0.15) is 32.6 Å². The summed E-state index contributed by atoms with van der Waals surface area (Å²) >= 11 is 0. The van der Waals surface area contributed by atoms with Crippen molar-refractivity contribution in [2.24, 2.45) is 0 Å². The van der Waals surface area contributed by atoms with Crippen LogP contribution in [-0.4, -0.2) is 40.9 Å². The van der Waals surface area contributed by atoms with Crippen molar-refractivity contribution in [3.63, 3.8) is 0 Å². The van der Waals surface area contributed by atoms with Gasteiger partial charge in [0.1, 0.15) is 4.90 Å². The molecule has 1 aliphatic rings. The number of carbonyl (C=O) groups is 1. The molecule has 0 spiro atoms. The quantitative estimate of drug-likeness (QED) is 0.832. The van der Waals surface area contributed by atoms with E-state index in [1.807, 2.05) is 30.3 Å². The number of nitrogens with zero attached hydrogens (tertiary/aromatic N) is 3. The third-order valence-electron chi connectivity index (χ3n) is 4.36. The number of aromatic nitrogens is 2. The van der Waals surface area contributed by atoms with Crippen molar-refractivity contribution in [3.05, 3.63) is 42.7 Å². The van der Waals surface area contributed by atoms with Crippen molar-refractivity contribution >= 4 is 15.8 Å². The summed E-state index contributed by atoms with van der Waals surface area (Å²) < 4.78 is 28.9. The van der Waals surface area contributed by atoms with Crippen LogP contribution in [0.5, 0.6) is 0 Å². The van der Waals surface area contributed by atoms with E-state index in [9.17, 15) is 13.2 Å². The number of benzene rings is 1. The summed E-state index contributed by atoms with van der Waals surface area (Å²) in [7, 11) is -3.72. The predicted octanol–water partition coefficient (Wildman–Crippen LogP) is 2.39. The second-order valence-corrected chi connectivity index (χ2v) is 7.79. The lowest BCUT2D eigenvalue weighted by Gasteiger charge is -2.33. The smallest absolute Gasteiger partial charge is 0.246 e. The Hall–Kier alpha value is -1.99. The van der Waals surface area contributed by atoms with Gasteiger partial charge in [0, 0.05) is 13.0 Å². The molecule has 6 nitrogen and oxygen atoms in total. The summed E-state index contributed by atoms with van der Waals surface area (Å²) in [5.74, 6) is -0.0197. The lowest BCUT2D eigenvalue weighted by Crippen LogP contribution is -2.47. The molecule has 2 heterocycles. The van der Waals surface area contributed by atoms with E-state index >= 15 is 0 Å². The first-order chi connectivity index (χ1) is 11.5. The van der Waals surface area contributed by atoms with Crippen molar-refractivity contribution < 1.29 is 13.2 Å². The fraction of sp³-hybridized carbons (Fsp3) is 0.412. The van der Waals surface area contributed by atoms with Crippen LogP contribution in [-0.2, 0) is 14.8 Å². The van der Waals surface area contributed by atoms with E-state index in [-0.39, 0.29) is 10.7 Å². The van der Waals surface area contributed by atoms with E-state index in [0.717, 1.165) is 18.5 Å². The molecule has 1 unspecified atom stereocenters. The van der Waals surface area contributed by atoms with Crippen LogP contribution in [0.4, 0.5) is 0 Å². The summed E-state index contributed by atoms with van der Waals surface area (Å²) in [4.78, 5) is 12.3. The van der Waals surface area contributed by atoms with Crippen LogP contribution in [0.15, 0.2) is 47.6 Å². The first-order valence-electron chi connectivity index (χ1n) is 8.18. The normalized spacial score (nSPS) is 19.3. The van der Waals surface area contributed by atoms with Gasteiger partial charge in [0.2, 0.25) is 10.0 Å². The number of rotatable bonds is 5. The zero-order valence-corrected chi connectivity index (χ0v) is 14.4. The monoisotopic (exact) mass is 347 g/mol. The molecule has 0 radical (unpaired) electrons. The maximum atomic E-state index is 13.0. The zero-order chi connectivity index (χ0) is 17.2. The second kappa shape index (κ2) is 6.86. The molecule has 0 amide bonds. The Bertz CT molecular complexity index is 815. The Kier molecular flexibility index (Phi) is 4.82. The molecule has 1 atom stereocenters. The van der Waals surface area contributed by atoms with E-state index < -0.39 is 16.1 Å². The maximum Gasteiger partial charge on any atom is 0.246 e. The van der Waals surface area contributed by atoms with Gasteiger partial charge in [0.15, 0.2) is 5.78 Å². The van der Waals surface area contributed by atoms with Gasteiger partial charge in [-0.25, -0.2) is 13.1 Å². The van der Waals surface area contributed by atoms with Gasteiger partial charge < -0.3 is 0 Å². The minimum atomic E-state index is -3.72. The molecule has 1 aromatic carbocycles. The highest BCUT2D eigenvalue weighted by Gasteiger charge is 2.37. The average Bonchev–Trinajstić information content (AvgIpc) is 3.13. The fourth-order valence-corrected chi connectivity index (χ4v) is 4.66. The number of sulfonamides is 1. The van der Waals surface area contributed by atoms with Gasteiger partial charge in [0.05, 0.1) is 24.1 Å². The van der Waals surface area contributed by atoms with Gasteiger partial charge in [-0.05, 0) is 25.0 Å². The molecule has 0 N–H and O–H groups in total. The van der Waals surface area contributed by atoms with Gasteiger partial charge in [0.25, 0.3) is 0 Å². The second-order valence-electron chi connectivity index (χ2n) is 5.90. The molecule has 3 rings (SSSR count). The number of hydrogen-bond acceptors (Lipinski definition) is 4. The van der Waals surface area contributed by atoms with Gasteiger partial charge in [-0.2, -0.15) is 9.40 Å². The van der Waals surface area contributed by atoms with E-state index in [4.69, 9.17) is 0 Å². The zero-order valence-electron chi connectivity index (χ0n) is 13.6. The summed E-state index contributed by atoms with van der Waals surface area (Å²) in [6.45, 7) is 2.16. The van der Waals surface area contributed by atoms with Gasteiger partial charge in [-0.3, -0.25) is 4.79 Å². The van der Waals surface area contributed by atoms with Crippen LogP contribution in [0.3, 0.4) is 0 Å². The largest absolute Gasteiger partial charge is 0.298 e. The number of para-hydroxylation sites is 1. The van der Waals surface area contributed by atoms with E-state index in [2.05, 4.69) is 5.10 Å². The van der Waals surface area contributed by atoms with Crippen LogP contribution in [0.25, 0.3) is 5.69 Å². The molecule has 2 aromatic rings. The molecule has 1 fully saturated rings. The number of Topliss-reactive ketones (excluding diaryl/α,β-unsaturated/α-hetero) is 1. The van der Waals surface area contributed by atoms with Crippen molar-refractivity contribution in [2.75, 3.05) is 6.54 Å². The highest BCUT2D eigenvalue weighted by atomic mass is 32.2. The van der Waals surface area contributed by atoms with Crippen LogP contribution < -0.4 is 0 Å². The van der Waals surface area contributed by atoms with Crippen LogP contribution >= 0.6 is 0 Å². The minimum absolute atomic E-state index is 0.0197. The lowest BCUT2D eigenvalue weighted by molar-refractivity contribution is -0.123. The van der Waals surface area contributed by atoms with Gasteiger partial charge >= 0.3 is 0 Å². The predicted molar refractivity (Wildman–Crippen MR) is 90.4 cm³/mol. The number of hydrogen-bond donors (Lipinski definition) is 0. The highest BCUT2D eigenvalue weighted by Crippen LogP contribution is 2.26. The fourth-order valence-electron chi connectivity index (χ4n) is 3.05. The maximum absolute atomic E-state index is 13.0. The molecular formula is C17H21N3O3S. The molecular weight excluding hydrogens is 326 g/mol. The van der Waals surface area contributed by atoms with E-state index in [1.54, 1.807) is 6.92 Å². The molecule has 1 aromatic heterocycles. The van der Waals surface area contributed by atoms with Crippen molar-refractivity contribution in [2.45, 2.75) is 43.5 Å². The van der Waals surface area contributed by atoms with Crippen LogP contribution in [0, 0.1) is 0 Å². The Balaban J connectivity index is 1.92. The Morgan fingerprint density at radius 2 is 2.00 bits per heavy atom.